The first-order valence-corrected chi connectivity index (χ1v) is 10.7. The molecular weight excluding hydrogens is 356 g/mol. The van der Waals surface area contributed by atoms with Crippen molar-refractivity contribution < 1.29 is 13.2 Å². The fourth-order valence-corrected chi connectivity index (χ4v) is 5.00. The molecule has 0 radical (unpaired) electrons. The summed E-state index contributed by atoms with van der Waals surface area (Å²) in [5.74, 6) is -0.249. The molecule has 0 aromatic heterocycles. The number of rotatable bonds is 5. The number of sulfonamides is 1. The Kier molecular flexibility index (Phi) is 5.46. The van der Waals surface area contributed by atoms with E-state index in [0.717, 1.165) is 17.7 Å². The molecule has 1 heterocycles. The number of amides is 1. The van der Waals surface area contributed by atoms with Crippen LogP contribution in [0.2, 0.25) is 0 Å². The Hall–Kier alpha value is -1.83. The second-order valence-electron chi connectivity index (χ2n) is 5.79. The van der Waals surface area contributed by atoms with Gasteiger partial charge in [0, 0.05) is 23.7 Å². The molecule has 0 saturated carbocycles. The van der Waals surface area contributed by atoms with Crippen LogP contribution >= 0.6 is 11.8 Å². The van der Waals surface area contributed by atoms with E-state index in [9.17, 15) is 13.2 Å². The average molecular weight is 377 g/mol. The SMILES string of the molecule is CSc1ccccc1C(=O)Nc1cccc(S(=O)(=O)N2CCCC2)c1. The Morgan fingerprint density at radius 1 is 1.08 bits per heavy atom. The summed E-state index contributed by atoms with van der Waals surface area (Å²) >= 11 is 1.50. The number of benzene rings is 2. The number of nitrogens with zero attached hydrogens (tertiary/aromatic N) is 1. The van der Waals surface area contributed by atoms with E-state index in [4.69, 9.17) is 0 Å². The van der Waals surface area contributed by atoms with Gasteiger partial charge in [-0.05, 0) is 49.4 Å². The molecule has 1 aliphatic rings. The third-order valence-corrected chi connectivity index (χ3v) is 6.84. The van der Waals surface area contributed by atoms with E-state index in [1.807, 2.05) is 24.5 Å². The molecule has 3 rings (SSSR count). The maximum absolute atomic E-state index is 12.7. The molecule has 1 saturated heterocycles. The first kappa shape index (κ1) is 18.0. The number of anilines is 1. The van der Waals surface area contributed by atoms with E-state index in [1.165, 1.54) is 22.1 Å². The summed E-state index contributed by atoms with van der Waals surface area (Å²) in [6, 6.07) is 13.8. The monoisotopic (exact) mass is 376 g/mol. The molecule has 132 valence electrons. The lowest BCUT2D eigenvalue weighted by Gasteiger charge is -2.16. The highest BCUT2D eigenvalue weighted by Crippen LogP contribution is 2.24. The van der Waals surface area contributed by atoms with Crippen LogP contribution < -0.4 is 5.32 Å². The molecule has 0 unspecified atom stereocenters. The van der Waals surface area contributed by atoms with Crippen molar-refractivity contribution in [2.45, 2.75) is 22.6 Å². The summed E-state index contributed by atoms with van der Waals surface area (Å²) in [7, 11) is -3.50. The Bertz CT molecular complexity index is 875. The van der Waals surface area contributed by atoms with E-state index in [1.54, 1.807) is 24.3 Å². The highest BCUT2D eigenvalue weighted by Gasteiger charge is 2.27. The Morgan fingerprint density at radius 2 is 1.80 bits per heavy atom. The Balaban J connectivity index is 1.83. The van der Waals surface area contributed by atoms with Crippen LogP contribution in [0.1, 0.15) is 23.2 Å². The normalized spacial score (nSPS) is 15.2. The molecule has 1 fully saturated rings. The van der Waals surface area contributed by atoms with Crippen LogP contribution in [0, 0.1) is 0 Å². The van der Waals surface area contributed by atoms with Gasteiger partial charge in [-0.2, -0.15) is 4.31 Å². The lowest BCUT2D eigenvalue weighted by atomic mass is 10.2. The molecule has 0 spiro atoms. The highest BCUT2D eigenvalue weighted by molar-refractivity contribution is 7.98. The number of nitrogens with one attached hydrogen (secondary N) is 1. The predicted octanol–water partition coefficient (Wildman–Crippen LogP) is 3.45. The molecule has 0 aliphatic carbocycles. The summed E-state index contributed by atoms with van der Waals surface area (Å²) in [5, 5.41) is 2.80. The molecular formula is C18H20N2O3S2. The van der Waals surface area contributed by atoms with E-state index in [0.29, 0.717) is 24.3 Å². The smallest absolute Gasteiger partial charge is 0.256 e. The minimum absolute atomic E-state index is 0.213. The lowest BCUT2D eigenvalue weighted by molar-refractivity contribution is 0.102. The molecule has 5 nitrogen and oxygen atoms in total. The van der Waals surface area contributed by atoms with Crippen LogP contribution in [0.25, 0.3) is 0 Å². The van der Waals surface area contributed by atoms with Crippen LogP contribution in [0.15, 0.2) is 58.3 Å². The van der Waals surface area contributed by atoms with Crippen molar-refractivity contribution >= 4 is 33.4 Å². The summed E-state index contributed by atoms with van der Waals surface area (Å²) in [6.45, 7) is 1.11. The van der Waals surface area contributed by atoms with Crippen LogP contribution in [0.5, 0.6) is 0 Å². The maximum Gasteiger partial charge on any atom is 0.256 e. The zero-order valence-corrected chi connectivity index (χ0v) is 15.6. The Morgan fingerprint density at radius 3 is 2.52 bits per heavy atom. The van der Waals surface area contributed by atoms with Gasteiger partial charge >= 0.3 is 0 Å². The fourth-order valence-electron chi connectivity index (χ4n) is 2.84. The zero-order valence-electron chi connectivity index (χ0n) is 13.9. The number of carbonyl (C=O) groups excluding carboxylic acids is 1. The number of thioether (sulfide) groups is 1. The minimum atomic E-state index is -3.50. The van der Waals surface area contributed by atoms with Gasteiger partial charge in [0.25, 0.3) is 5.91 Å². The van der Waals surface area contributed by atoms with Crippen molar-refractivity contribution in [2.24, 2.45) is 0 Å². The summed E-state index contributed by atoms with van der Waals surface area (Å²) in [5.41, 5.74) is 1.05. The molecule has 1 N–H and O–H groups in total. The van der Waals surface area contributed by atoms with Gasteiger partial charge in [0.2, 0.25) is 10.0 Å². The van der Waals surface area contributed by atoms with Gasteiger partial charge in [-0.25, -0.2) is 8.42 Å². The number of carbonyl (C=O) groups is 1. The highest BCUT2D eigenvalue weighted by atomic mass is 32.2. The molecule has 1 aliphatic heterocycles. The van der Waals surface area contributed by atoms with Gasteiger partial charge in [0.1, 0.15) is 0 Å². The van der Waals surface area contributed by atoms with Crippen molar-refractivity contribution in [3.05, 3.63) is 54.1 Å². The molecule has 25 heavy (non-hydrogen) atoms. The van der Waals surface area contributed by atoms with Crippen molar-refractivity contribution in [1.82, 2.24) is 4.31 Å². The van der Waals surface area contributed by atoms with Crippen molar-refractivity contribution in [2.75, 3.05) is 24.7 Å². The second kappa shape index (κ2) is 7.59. The molecule has 1 amide bonds. The van der Waals surface area contributed by atoms with Gasteiger partial charge in [-0.15, -0.1) is 11.8 Å². The van der Waals surface area contributed by atoms with Gasteiger partial charge < -0.3 is 5.32 Å². The van der Waals surface area contributed by atoms with Gasteiger partial charge in [-0.1, -0.05) is 18.2 Å². The summed E-state index contributed by atoms with van der Waals surface area (Å²) < 4.78 is 26.8. The van der Waals surface area contributed by atoms with Gasteiger partial charge in [-0.3, -0.25) is 4.79 Å². The van der Waals surface area contributed by atoms with E-state index >= 15 is 0 Å². The molecule has 2 aromatic rings. The largest absolute Gasteiger partial charge is 0.322 e. The van der Waals surface area contributed by atoms with Crippen LogP contribution in [0.3, 0.4) is 0 Å². The number of hydrogen-bond acceptors (Lipinski definition) is 4. The quantitative estimate of drug-likeness (QED) is 0.812. The standard InChI is InChI=1S/C18H20N2O3S2/c1-24-17-10-3-2-9-16(17)18(21)19-14-7-6-8-15(13-14)25(22,23)20-11-4-5-12-20/h2-3,6-10,13H,4-5,11-12H2,1H3,(H,19,21). The van der Waals surface area contributed by atoms with Crippen molar-refractivity contribution in [1.29, 1.82) is 0 Å². The predicted molar refractivity (Wildman–Crippen MR) is 101 cm³/mol. The van der Waals surface area contributed by atoms with Crippen LogP contribution in [-0.4, -0.2) is 38.0 Å². The average Bonchev–Trinajstić information content (AvgIpc) is 3.17. The number of hydrogen-bond donors (Lipinski definition) is 1. The van der Waals surface area contributed by atoms with Crippen LogP contribution in [0.4, 0.5) is 5.69 Å². The van der Waals surface area contributed by atoms with Crippen LogP contribution in [-0.2, 0) is 10.0 Å². The summed E-state index contributed by atoms with van der Waals surface area (Å²) in [4.78, 5) is 13.6. The molecule has 2 aromatic carbocycles. The summed E-state index contributed by atoms with van der Waals surface area (Å²) in [6.07, 6.45) is 3.69. The van der Waals surface area contributed by atoms with Gasteiger partial charge in [0.05, 0.1) is 10.5 Å². The van der Waals surface area contributed by atoms with Crippen molar-refractivity contribution in [3.63, 3.8) is 0 Å². The minimum Gasteiger partial charge on any atom is -0.322 e. The molecule has 7 heteroatoms. The first-order chi connectivity index (χ1) is 12.0. The van der Waals surface area contributed by atoms with Crippen molar-refractivity contribution in [3.8, 4) is 0 Å². The topological polar surface area (TPSA) is 66.5 Å². The van der Waals surface area contributed by atoms with E-state index in [2.05, 4.69) is 5.32 Å². The second-order valence-corrected chi connectivity index (χ2v) is 8.58. The maximum atomic E-state index is 12.7. The third-order valence-electron chi connectivity index (χ3n) is 4.15. The Labute approximate surface area is 152 Å². The van der Waals surface area contributed by atoms with Gasteiger partial charge in [0.15, 0.2) is 0 Å². The van der Waals surface area contributed by atoms with E-state index in [-0.39, 0.29) is 10.8 Å². The zero-order chi connectivity index (χ0) is 17.9. The lowest BCUT2D eigenvalue weighted by Crippen LogP contribution is -2.27. The first-order valence-electron chi connectivity index (χ1n) is 8.07. The fraction of sp³-hybridized carbons (Fsp3) is 0.278. The molecule has 0 bridgehead atoms. The molecule has 0 atom stereocenters. The third kappa shape index (κ3) is 3.89. The van der Waals surface area contributed by atoms with E-state index < -0.39 is 10.0 Å².